The van der Waals surface area contributed by atoms with Gasteiger partial charge in [0.2, 0.25) is 5.91 Å². The molecule has 3 nitrogen and oxygen atoms in total. The summed E-state index contributed by atoms with van der Waals surface area (Å²) in [7, 11) is 0. The number of aryl methyl sites for hydroxylation is 1. The molecule has 1 N–H and O–H groups in total. The van der Waals surface area contributed by atoms with Crippen LogP contribution in [0.2, 0.25) is 0 Å². The van der Waals surface area contributed by atoms with E-state index in [4.69, 9.17) is 0 Å². The molecule has 1 fully saturated rings. The van der Waals surface area contributed by atoms with Crippen molar-refractivity contribution in [2.24, 2.45) is 0 Å². The van der Waals surface area contributed by atoms with E-state index >= 15 is 0 Å². The van der Waals surface area contributed by atoms with Gasteiger partial charge in [-0.15, -0.1) is 22.7 Å². The second kappa shape index (κ2) is 6.64. The topological polar surface area (TPSA) is 42.0 Å². The maximum absolute atomic E-state index is 12.3. The molecule has 2 heterocycles. The molecule has 0 aliphatic heterocycles. The molecule has 116 valence electrons. The molecule has 0 saturated heterocycles. The highest BCUT2D eigenvalue weighted by Gasteiger charge is 2.39. The van der Waals surface area contributed by atoms with Crippen molar-refractivity contribution in [2.75, 3.05) is 0 Å². The van der Waals surface area contributed by atoms with Crippen LogP contribution in [-0.2, 0) is 10.3 Å². The van der Waals surface area contributed by atoms with Crippen LogP contribution < -0.4 is 5.32 Å². The van der Waals surface area contributed by atoms with Gasteiger partial charge < -0.3 is 5.32 Å². The van der Waals surface area contributed by atoms with Gasteiger partial charge >= 0.3 is 0 Å². The third kappa shape index (κ3) is 3.50. The van der Waals surface area contributed by atoms with Gasteiger partial charge in [-0.1, -0.05) is 12.8 Å². The highest BCUT2D eigenvalue weighted by Crippen LogP contribution is 2.40. The van der Waals surface area contributed by atoms with Crippen molar-refractivity contribution in [3.05, 3.63) is 43.0 Å². The Kier molecular flexibility index (Phi) is 4.80. The van der Waals surface area contributed by atoms with Gasteiger partial charge in [-0.05, 0) is 53.9 Å². The molecule has 0 aromatic carbocycles. The smallest absolute Gasteiger partial charge is 0.244 e. The molecule has 0 bridgehead atoms. The number of rotatable bonds is 4. The summed E-state index contributed by atoms with van der Waals surface area (Å²) in [6.07, 6.45) is 7.72. The molecule has 1 aliphatic carbocycles. The Morgan fingerprint density at radius 2 is 2.18 bits per heavy atom. The lowest BCUT2D eigenvalue weighted by atomic mass is 9.98. The maximum Gasteiger partial charge on any atom is 0.244 e. The zero-order valence-corrected chi connectivity index (χ0v) is 15.5. The number of hydrogen-bond donors (Lipinski definition) is 1. The number of nitrogens with one attached hydrogen (secondary N) is 1. The molecule has 0 spiro atoms. The third-order valence-electron chi connectivity index (χ3n) is 3.84. The van der Waals surface area contributed by atoms with E-state index in [1.54, 1.807) is 28.7 Å². The molecule has 1 saturated carbocycles. The highest BCUT2D eigenvalue weighted by molar-refractivity contribution is 9.11. The summed E-state index contributed by atoms with van der Waals surface area (Å²) in [5.74, 6) is -0.0423. The first-order valence-corrected chi connectivity index (χ1v) is 9.74. The average molecular weight is 397 g/mol. The fourth-order valence-corrected chi connectivity index (χ4v) is 5.14. The van der Waals surface area contributed by atoms with Crippen LogP contribution in [0.1, 0.15) is 41.3 Å². The van der Waals surface area contributed by atoms with E-state index in [0.717, 1.165) is 45.0 Å². The summed E-state index contributed by atoms with van der Waals surface area (Å²) >= 11 is 6.69. The normalized spacial score (nSPS) is 17.2. The van der Waals surface area contributed by atoms with Crippen molar-refractivity contribution in [3.8, 4) is 0 Å². The summed E-state index contributed by atoms with van der Waals surface area (Å²) in [6.45, 7) is 2.00. The number of amides is 1. The third-order valence-corrected chi connectivity index (χ3v) is 6.59. The van der Waals surface area contributed by atoms with Gasteiger partial charge in [0.25, 0.3) is 0 Å². The van der Waals surface area contributed by atoms with Gasteiger partial charge in [-0.3, -0.25) is 4.79 Å². The molecule has 2 aromatic rings. The van der Waals surface area contributed by atoms with E-state index < -0.39 is 0 Å². The first-order chi connectivity index (χ1) is 10.6. The summed E-state index contributed by atoms with van der Waals surface area (Å²) < 4.78 is 1.07. The Morgan fingerprint density at radius 1 is 1.41 bits per heavy atom. The van der Waals surface area contributed by atoms with Crippen LogP contribution >= 0.6 is 38.6 Å². The predicted molar refractivity (Wildman–Crippen MR) is 96.2 cm³/mol. The number of carbonyl (C=O) groups excluding carboxylic acids is 1. The number of carbonyl (C=O) groups is 1. The summed E-state index contributed by atoms with van der Waals surface area (Å²) in [4.78, 5) is 18.0. The number of halogens is 1. The van der Waals surface area contributed by atoms with E-state index in [0.29, 0.717) is 0 Å². The van der Waals surface area contributed by atoms with Crippen molar-refractivity contribution in [3.63, 3.8) is 0 Å². The Balaban J connectivity index is 1.74. The zero-order valence-electron chi connectivity index (χ0n) is 12.3. The monoisotopic (exact) mass is 396 g/mol. The SMILES string of the molecule is Cc1csc(C2(NC(=O)/C=C/c3ccc(Br)s3)CCCC2)n1. The molecular formula is C16H17BrN2OS2. The minimum atomic E-state index is -0.267. The van der Waals surface area contributed by atoms with E-state index in [2.05, 4.69) is 31.6 Å². The summed E-state index contributed by atoms with van der Waals surface area (Å²) in [5.41, 5.74) is 0.760. The Hall–Kier alpha value is -0.980. The van der Waals surface area contributed by atoms with Gasteiger partial charge in [0.1, 0.15) is 5.01 Å². The van der Waals surface area contributed by atoms with E-state index in [1.807, 2.05) is 25.1 Å². The van der Waals surface area contributed by atoms with Crippen molar-refractivity contribution in [1.29, 1.82) is 0 Å². The van der Waals surface area contributed by atoms with Crippen molar-refractivity contribution in [2.45, 2.75) is 38.1 Å². The second-order valence-electron chi connectivity index (χ2n) is 5.55. The standard InChI is InChI=1S/C16H17BrN2OS2/c1-11-10-21-15(18-11)16(8-2-3-9-16)19-14(20)7-5-12-4-6-13(17)22-12/h4-7,10H,2-3,8-9H2,1H3,(H,19,20)/b7-5+. The second-order valence-corrected chi connectivity index (χ2v) is 8.90. The molecule has 1 amide bonds. The molecule has 22 heavy (non-hydrogen) atoms. The molecule has 0 radical (unpaired) electrons. The molecule has 6 heteroatoms. The van der Waals surface area contributed by atoms with E-state index in [1.165, 1.54) is 0 Å². The molecule has 2 aromatic heterocycles. The number of nitrogens with zero attached hydrogens (tertiary/aromatic N) is 1. The van der Waals surface area contributed by atoms with Crippen molar-refractivity contribution >= 4 is 50.6 Å². The van der Waals surface area contributed by atoms with Crippen LogP contribution in [0, 0.1) is 6.92 Å². The van der Waals surface area contributed by atoms with Crippen molar-refractivity contribution in [1.82, 2.24) is 10.3 Å². The van der Waals surface area contributed by atoms with Crippen LogP contribution in [0.4, 0.5) is 0 Å². The van der Waals surface area contributed by atoms with Gasteiger partial charge in [-0.25, -0.2) is 4.98 Å². The van der Waals surface area contributed by atoms with Crippen molar-refractivity contribution < 1.29 is 4.79 Å². The van der Waals surface area contributed by atoms with Gasteiger partial charge in [-0.2, -0.15) is 0 Å². The number of hydrogen-bond acceptors (Lipinski definition) is 4. The Morgan fingerprint density at radius 3 is 2.77 bits per heavy atom. The van der Waals surface area contributed by atoms with Gasteiger partial charge in [0, 0.05) is 22.0 Å². The fraction of sp³-hybridized carbons (Fsp3) is 0.375. The maximum atomic E-state index is 12.3. The fourth-order valence-electron chi connectivity index (χ4n) is 2.80. The lowest BCUT2D eigenvalue weighted by Crippen LogP contribution is -2.43. The molecule has 1 aliphatic rings. The zero-order chi connectivity index (χ0) is 15.6. The largest absolute Gasteiger partial charge is 0.341 e. The van der Waals surface area contributed by atoms with Gasteiger partial charge in [0.15, 0.2) is 0 Å². The molecule has 0 atom stereocenters. The van der Waals surface area contributed by atoms with E-state index in [-0.39, 0.29) is 11.4 Å². The first kappa shape index (κ1) is 15.9. The lowest BCUT2D eigenvalue weighted by molar-refractivity contribution is -0.118. The minimum Gasteiger partial charge on any atom is -0.341 e. The van der Waals surface area contributed by atoms with Crippen LogP contribution in [0.15, 0.2) is 27.4 Å². The quantitative estimate of drug-likeness (QED) is 0.748. The summed E-state index contributed by atoms with van der Waals surface area (Å²) in [5, 5.41) is 6.31. The van der Waals surface area contributed by atoms with Crippen LogP contribution in [0.5, 0.6) is 0 Å². The number of thiophene rings is 1. The molecule has 3 rings (SSSR count). The minimum absolute atomic E-state index is 0.0423. The predicted octanol–water partition coefficient (Wildman–Crippen LogP) is 4.87. The number of aromatic nitrogens is 1. The average Bonchev–Trinajstić information content (AvgIpc) is 3.19. The van der Waals surface area contributed by atoms with Gasteiger partial charge in [0.05, 0.1) is 9.33 Å². The lowest BCUT2D eigenvalue weighted by Gasteiger charge is -2.27. The highest BCUT2D eigenvalue weighted by atomic mass is 79.9. The van der Waals surface area contributed by atoms with Crippen LogP contribution in [0.3, 0.4) is 0 Å². The van der Waals surface area contributed by atoms with E-state index in [9.17, 15) is 4.79 Å². The van der Waals surface area contributed by atoms with Crippen LogP contribution in [0.25, 0.3) is 6.08 Å². The Labute approximate surface area is 146 Å². The summed E-state index contributed by atoms with van der Waals surface area (Å²) in [6, 6.07) is 3.98. The first-order valence-electron chi connectivity index (χ1n) is 7.26. The Bertz CT molecular complexity index is 699. The molecular weight excluding hydrogens is 380 g/mol. The number of thiazole rings is 1. The molecule has 0 unspecified atom stereocenters. The van der Waals surface area contributed by atoms with Crippen LogP contribution in [-0.4, -0.2) is 10.9 Å².